The summed E-state index contributed by atoms with van der Waals surface area (Å²) in [5, 5.41) is 0. The lowest BCUT2D eigenvalue weighted by Gasteiger charge is -2.08. The van der Waals surface area contributed by atoms with E-state index in [0.717, 1.165) is 12.8 Å². The second kappa shape index (κ2) is 7.30. The number of rotatable bonds is 6. The summed E-state index contributed by atoms with van der Waals surface area (Å²) in [5.41, 5.74) is 0. The van der Waals surface area contributed by atoms with Gasteiger partial charge in [-0.25, -0.2) is 4.79 Å². The zero-order valence-corrected chi connectivity index (χ0v) is 9.08. The third-order valence-corrected chi connectivity index (χ3v) is 2.25. The number of ketones is 1. The minimum Gasteiger partial charge on any atom is -0.466 e. The van der Waals surface area contributed by atoms with Crippen molar-refractivity contribution in [2.75, 3.05) is 7.11 Å². The van der Waals surface area contributed by atoms with E-state index in [2.05, 4.69) is 18.6 Å². The lowest BCUT2D eigenvalue weighted by atomic mass is 9.97. The molecule has 0 heterocycles. The Bertz CT molecular complexity index is 215. The maximum atomic E-state index is 11.3. The number of hydrogen-bond acceptors (Lipinski definition) is 3. The highest BCUT2D eigenvalue weighted by Crippen LogP contribution is 2.12. The molecule has 0 atom stereocenters. The predicted molar refractivity (Wildman–Crippen MR) is 54.9 cm³/mol. The maximum absolute atomic E-state index is 11.3. The van der Waals surface area contributed by atoms with Crippen LogP contribution in [0, 0.1) is 5.92 Å². The molecule has 80 valence electrons. The molecule has 0 aliphatic heterocycles. The Kier molecular flexibility index (Phi) is 6.72. The number of methoxy groups -OCH3 is 1. The van der Waals surface area contributed by atoms with Crippen LogP contribution < -0.4 is 0 Å². The van der Waals surface area contributed by atoms with Crippen molar-refractivity contribution >= 4 is 11.8 Å². The standard InChI is InChI=1S/C11H18O3/c1-4-9(5-2)8-10(12)6-7-11(13)14-3/h6-7,9H,4-5,8H2,1-3H3/b7-6+. The van der Waals surface area contributed by atoms with Crippen molar-refractivity contribution in [3.05, 3.63) is 12.2 Å². The third-order valence-electron chi connectivity index (χ3n) is 2.25. The molecule has 0 bridgehead atoms. The normalized spacial score (nSPS) is 10.9. The fourth-order valence-corrected chi connectivity index (χ4v) is 1.16. The van der Waals surface area contributed by atoms with E-state index >= 15 is 0 Å². The summed E-state index contributed by atoms with van der Waals surface area (Å²) < 4.78 is 4.38. The zero-order valence-electron chi connectivity index (χ0n) is 9.08. The Balaban J connectivity index is 3.97. The van der Waals surface area contributed by atoms with E-state index < -0.39 is 5.97 Å². The number of esters is 1. The topological polar surface area (TPSA) is 43.4 Å². The monoisotopic (exact) mass is 198 g/mol. The van der Waals surface area contributed by atoms with Crippen LogP contribution in [0.2, 0.25) is 0 Å². The maximum Gasteiger partial charge on any atom is 0.330 e. The molecule has 0 aromatic rings. The molecule has 3 nitrogen and oxygen atoms in total. The number of ether oxygens (including phenoxy) is 1. The van der Waals surface area contributed by atoms with Gasteiger partial charge in [0.2, 0.25) is 0 Å². The first-order valence-electron chi connectivity index (χ1n) is 4.92. The van der Waals surface area contributed by atoms with E-state index in [1.54, 1.807) is 0 Å². The second-order valence-corrected chi connectivity index (χ2v) is 3.21. The van der Waals surface area contributed by atoms with Gasteiger partial charge in [-0.05, 0) is 12.0 Å². The minimum atomic E-state index is -0.483. The van der Waals surface area contributed by atoms with Gasteiger partial charge in [-0.2, -0.15) is 0 Å². The van der Waals surface area contributed by atoms with Crippen molar-refractivity contribution in [1.82, 2.24) is 0 Å². The van der Waals surface area contributed by atoms with Crippen LogP contribution in [0.4, 0.5) is 0 Å². The van der Waals surface area contributed by atoms with Crippen LogP contribution in [-0.4, -0.2) is 18.9 Å². The summed E-state index contributed by atoms with van der Waals surface area (Å²) in [6.07, 6.45) is 4.97. The highest BCUT2D eigenvalue weighted by atomic mass is 16.5. The Morgan fingerprint density at radius 1 is 1.21 bits per heavy atom. The van der Waals surface area contributed by atoms with Crippen molar-refractivity contribution in [1.29, 1.82) is 0 Å². The molecule has 0 N–H and O–H groups in total. The molecule has 0 aliphatic carbocycles. The van der Waals surface area contributed by atoms with Crippen LogP contribution in [0.1, 0.15) is 33.1 Å². The number of carbonyl (C=O) groups is 2. The number of allylic oxidation sites excluding steroid dienone is 1. The van der Waals surface area contributed by atoms with E-state index in [1.165, 1.54) is 19.3 Å². The Labute approximate surface area is 85.1 Å². The molecule has 14 heavy (non-hydrogen) atoms. The van der Waals surface area contributed by atoms with Crippen molar-refractivity contribution < 1.29 is 14.3 Å². The van der Waals surface area contributed by atoms with E-state index in [4.69, 9.17) is 0 Å². The van der Waals surface area contributed by atoms with Gasteiger partial charge >= 0.3 is 5.97 Å². The first kappa shape index (κ1) is 12.9. The first-order valence-corrected chi connectivity index (χ1v) is 4.92. The van der Waals surface area contributed by atoms with Crippen molar-refractivity contribution in [3.8, 4) is 0 Å². The molecular weight excluding hydrogens is 180 g/mol. The summed E-state index contributed by atoms with van der Waals surface area (Å²) in [4.78, 5) is 22.0. The molecule has 0 saturated heterocycles. The van der Waals surface area contributed by atoms with Gasteiger partial charge in [-0.3, -0.25) is 4.79 Å². The molecule has 0 aromatic carbocycles. The molecule has 0 radical (unpaired) electrons. The average molecular weight is 198 g/mol. The lowest BCUT2D eigenvalue weighted by Crippen LogP contribution is -2.05. The van der Waals surface area contributed by atoms with Gasteiger partial charge in [0.15, 0.2) is 5.78 Å². The van der Waals surface area contributed by atoms with Gasteiger partial charge in [0.1, 0.15) is 0 Å². The zero-order chi connectivity index (χ0) is 11.0. The Morgan fingerprint density at radius 2 is 1.79 bits per heavy atom. The highest BCUT2D eigenvalue weighted by molar-refractivity contribution is 5.95. The van der Waals surface area contributed by atoms with Gasteiger partial charge in [0.25, 0.3) is 0 Å². The third kappa shape index (κ3) is 5.51. The molecule has 3 heteroatoms. The predicted octanol–water partition coefficient (Wildman–Crippen LogP) is 2.11. The Hall–Kier alpha value is -1.12. The molecule has 0 unspecified atom stereocenters. The lowest BCUT2D eigenvalue weighted by molar-refractivity contribution is -0.135. The van der Waals surface area contributed by atoms with Crippen molar-refractivity contribution in [2.45, 2.75) is 33.1 Å². The smallest absolute Gasteiger partial charge is 0.330 e. The van der Waals surface area contributed by atoms with E-state index in [0.29, 0.717) is 12.3 Å². The Morgan fingerprint density at radius 3 is 2.21 bits per heavy atom. The summed E-state index contributed by atoms with van der Waals surface area (Å²) >= 11 is 0. The van der Waals surface area contributed by atoms with Crippen LogP contribution in [-0.2, 0) is 14.3 Å². The fourth-order valence-electron chi connectivity index (χ4n) is 1.16. The van der Waals surface area contributed by atoms with Crippen LogP contribution in [0.25, 0.3) is 0 Å². The van der Waals surface area contributed by atoms with Gasteiger partial charge in [0, 0.05) is 12.5 Å². The minimum absolute atomic E-state index is 0.0101. The van der Waals surface area contributed by atoms with Crippen molar-refractivity contribution in [3.63, 3.8) is 0 Å². The highest BCUT2D eigenvalue weighted by Gasteiger charge is 2.07. The van der Waals surface area contributed by atoms with Gasteiger partial charge < -0.3 is 4.74 Å². The molecule has 0 rings (SSSR count). The average Bonchev–Trinajstić information content (AvgIpc) is 2.22. The van der Waals surface area contributed by atoms with Gasteiger partial charge in [-0.15, -0.1) is 0 Å². The molecule has 0 spiro atoms. The molecule has 0 fully saturated rings. The molecule has 0 aromatic heterocycles. The fraction of sp³-hybridized carbons (Fsp3) is 0.636. The van der Waals surface area contributed by atoms with Crippen LogP contribution in [0.5, 0.6) is 0 Å². The van der Waals surface area contributed by atoms with E-state index in [9.17, 15) is 9.59 Å². The summed E-state index contributed by atoms with van der Waals surface area (Å²) in [7, 11) is 1.29. The summed E-state index contributed by atoms with van der Waals surface area (Å²) in [6.45, 7) is 4.12. The second-order valence-electron chi connectivity index (χ2n) is 3.21. The first-order chi connectivity index (χ1) is 6.63. The molecule has 0 saturated carbocycles. The van der Waals surface area contributed by atoms with E-state index in [1.807, 2.05) is 0 Å². The number of hydrogen-bond donors (Lipinski definition) is 0. The quantitative estimate of drug-likeness (QED) is 0.485. The van der Waals surface area contributed by atoms with Crippen molar-refractivity contribution in [2.24, 2.45) is 5.92 Å². The summed E-state index contributed by atoms with van der Waals surface area (Å²) in [5.74, 6) is -0.0724. The van der Waals surface area contributed by atoms with Crippen LogP contribution in [0.15, 0.2) is 12.2 Å². The molecule has 0 aliphatic rings. The van der Waals surface area contributed by atoms with Gasteiger partial charge in [0.05, 0.1) is 7.11 Å². The SMILES string of the molecule is CCC(CC)CC(=O)/C=C/C(=O)OC. The number of carbonyl (C=O) groups excluding carboxylic acids is 2. The van der Waals surface area contributed by atoms with E-state index in [-0.39, 0.29) is 5.78 Å². The van der Waals surface area contributed by atoms with Gasteiger partial charge in [-0.1, -0.05) is 26.7 Å². The largest absolute Gasteiger partial charge is 0.466 e. The molecular formula is C11H18O3. The molecule has 0 amide bonds. The summed E-state index contributed by atoms with van der Waals surface area (Å²) in [6, 6.07) is 0. The van der Waals surface area contributed by atoms with Crippen LogP contribution >= 0.6 is 0 Å². The van der Waals surface area contributed by atoms with Crippen LogP contribution in [0.3, 0.4) is 0 Å².